The van der Waals surface area contributed by atoms with E-state index in [1.807, 2.05) is 18.2 Å². The first-order valence-electron chi connectivity index (χ1n) is 4.59. The highest BCUT2D eigenvalue weighted by Gasteiger charge is 2.06. The number of nitriles is 1. The van der Waals surface area contributed by atoms with Crippen molar-refractivity contribution in [3.63, 3.8) is 0 Å². The van der Waals surface area contributed by atoms with Gasteiger partial charge in [0.25, 0.3) is 0 Å². The molecule has 16 heavy (non-hydrogen) atoms. The Labute approximate surface area is 103 Å². The van der Waals surface area contributed by atoms with Gasteiger partial charge in [-0.2, -0.15) is 5.26 Å². The van der Waals surface area contributed by atoms with E-state index in [-0.39, 0.29) is 0 Å². The van der Waals surface area contributed by atoms with Crippen molar-refractivity contribution in [1.82, 2.24) is 4.98 Å². The van der Waals surface area contributed by atoms with Crippen molar-refractivity contribution < 1.29 is 0 Å². The van der Waals surface area contributed by atoms with E-state index >= 15 is 0 Å². The molecule has 0 saturated heterocycles. The molecular weight excluding hydrogens is 240 g/mol. The standard InChI is InChI=1S/C12H7ClN2S/c13-10-5-3-7-15-12(10)16-11-6-2-1-4-9(11)8-14/h1-7H. The number of aromatic nitrogens is 1. The van der Waals surface area contributed by atoms with E-state index in [0.717, 1.165) is 4.90 Å². The first-order valence-corrected chi connectivity index (χ1v) is 5.78. The molecular formula is C12H7ClN2S. The molecule has 0 aliphatic rings. The Morgan fingerprint density at radius 2 is 2.00 bits per heavy atom. The van der Waals surface area contributed by atoms with Crippen LogP contribution in [0.2, 0.25) is 5.02 Å². The summed E-state index contributed by atoms with van der Waals surface area (Å²) in [6.07, 6.45) is 1.68. The van der Waals surface area contributed by atoms with Crippen molar-refractivity contribution in [1.29, 1.82) is 5.26 Å². The molecule has 1 heterocycles. The van der Waals surface area contributed by atoms with Gasteiger partial charge in [-0.3, -0.25) is 0 Å². The van der Waals surface area contributed by atoms with E-state index in [1.54, 1.807) is 24.4 Å². The zero-order chi connectivity index (χ0) is 11.4. The fourth-order valence-electron chi connectivity index (χ4n) is 1.20. The van der Waals surface area contributed by atoms with Crippen molar-refractivity contribution in [2.75, 3.05) is 0 Å². The third kappa shape index (κ3) is 2.35. The average molecular weight is 247 g/mol. The van der Waals surface area contributed by atoms with Gasteiger partial charge >= 0.3 is 0 Å². The Hall–Kier alpha value is -1.50. The van der Waals surface area contributed by atoms with Gasteiger partial charge in [-0.05, 0) is 24.3 Å². The van der Waals surface area contributed by atoms with Gasteiger partial charge in [0.1, 0.15) is 11.1 Å². The molecule has 0 N–H and O–H groups in total. The lowest BCUT2D eigenvalue weighted by Crippen LogP contribution is -1.83. The Balaban J connectivity index is 2.35. The molecule has 1 aromatic carbocycles. The summed E-state index contributed by atoms with van der Waals surface area (Å²) in [6.45, 7) is 0. The van der Waals surface area contributed by atoms with Gasteiger partial charge < -0.3 is 0 Å². The molecule has 0 unspecified atom stereocenters. The van der Waals surface area contributed by atoms with Gasteiger partial charge in [0.2, 0.25) is 0 Å². The molecule has 0 aliphatic heterocycles. The molecule has 0 aliphatic carbocycles. The van der Waals surface area contributed by atoms with Crippen LogP contribution >= 0.6 is 23.4 Å². The highest BCUT2D eigenvalue weighted by molar-refractivity contribution is 7.99. The lowest BCUT2D eigenvalue weighted by atomic mass is 10.2. The average Bonchev–Trinajstić information content (AvgIpc) is 2.33. The van der Waals surface area contributed by atoms with Crippen LogP contribution in [0.4, 0.5) is 0 Å². The summed E-state index contributed by atoms with van der Waals surface area (Å²) in [5, 5.41) is 10.3. The fourth-order valence-corrected chi connectivity index (χ4v) is 2.29. The Morgan fingerprint density at radius 1 is 1.19 bits per heavy atom. The van der Waals surface area contributed by atoms with E-state index in [4.69, 9.17) is 16.9 Å². The molecule has 0 fully saturated rings. The van der Waals surface area contributed by atoms with Gasteiger partial charge in [0.05, 0.1) is 10.6 Å². The van der Waals surface area contributed by atoms with Gasteiger partial charge in [0, 0.05) is 11.1 Å². The van der Waals surface area contributed by atoms with Crippen LogP contribution in [0, 0.1) is 11.3 Å². The summed E-state index contributed by atoms with van der Waals surface area (Å²) < 4.78 is 0. The molecule has 0 spiro atoms. The Kier molecular flexibility index (Phi) is 3.45. The summed E-state index contributed by atoms with van der Waals surface area (Å²) in [7, 11) is 0. The Morgan fingerprint density at radius 3 is 2.75 bits per heavy atom. The van der Waals surface area contributed by atoms with Gasteiger partial charge in [0.15, 0.2) is 0 Å². The van der Waals surface area contributed by atoms with Crippen LogP contribution in [0.5, 0.6) is 0 Å². The highest BCUT2D eigenvalue weighted by atomic mass is 35.5. The summed E-state index contributed by atoms with van der Waals surface area (Å²) in [6, 6.07) is 13.1. The minimum atomic E-state index is 0.597. The van der Waals surface area contributed by atoms with Crippen molar-refractivity contribution in [2.45, 2.75) is 9.92 Å². The second-order valence-corrected chi connectivity index (χ2v) is 4.44. The third-order valence-electron chi connectivity index (χ3n) is 1.94. The predicted molar refractivity (Wildman–Crippen MR) is 64.5 cm³/mol. The summed E-state index contributed by atoms with van der Waals surface area (Å²) in [5.74, 6) is 0. The fraction of sp³-hybridized carbons (Fsp3) is 0. The highest BCUT2D eigenvalue weighted by Crippen LogP contribution is 2.32. The zero-order valence-electron chi connectivity index (χ0n) is 8.22. The molecule has 2 aromatic rings. The summed E-state index contributed by atoms with van der Waals surface area (Å²) in [4.78, 5) is 5.04. The Bertz CT molecular complexity index is 549. The molecule has 0 saturated carbocycles. The number of benzene rings is 1. The maximum atomic E-state index is 8.95. The normalized spacial score (nSPS) is 9.75. The third-order valence-corrected chi connectivity index (χ3v) is 3.45. The largest absolute Gasteiger partial charge is 0.248 e. The molecule has 2 nitrogen and oxygen atoms in total. The van der Waals surface area contributed by atoms with Crippen molar-refractivity contribution >= 4 is 23.4 Å². The molecule has 78 valence electrons. The molecule has 2 rings (SSSR count). The maximum absolute atomic E-state index is 8.95. The predicted octanol–water partition coefficient (Wildman–Crippen LogP) is 3.76. The van der Waals surface area contributed by atoms with E-state index in [0.29, 0.717) is 15.6 Å². The first-order chi connectivity index (χ1) is 7.81. The van der Waals surface area contributed by atoms with Crippen molar-refractivity contribution in [2.24, 2.45) is 0 Å². The number of rotatable bonds is 2. The SMILES string of the molecule is N#Cc1ccccc1Sc1ncccc1Cl. The smallest absolute Gasteiger partial charge is 0.119 e. The molecule has 0 radical (unpaired) electrons. The minimum Gasteiger partial charge on any atom is -0.248 e. The summed E-state index contributed by atoms with van der Waals surface area (Å²) in [5.41, 5.74) is 0.634. The first kappa shape index (κ1) is 11.0. The van der Waals surface area contributed by atoms with Crippen molar-refractivity contribution in [3.05, 3.63) is 53.2 Å². The molecule has 0 atom stereocenters. The van der Waals surface area contributed by atoms with E-state index in [9.17, 15) is 0 Å². The number of nitrogens with zero attached hydrogens (tertiary/aromatic N) is 2. The second kappa shape index (κ2) is 5.02. The maximum Gasteiger partial charge on any atom is 0.119 e. The van der Waals surface area contributed by atoms with Gasteiger partial charge in [-0.1, -0.05) is 35.5 Å². The van der Waals surface area contributed by atoms with Crippen LogP contribution in [-0.4, -0.2) is 4.98 Å². The second-order valence-electron chi connectivity index (χ2n) is 3.00. The topological polar surface area (TPSA) is 36.7 Å². The molecule has 4 heteroatoms. The number of pyridine rings is 1. The number of halogens is 1. The van der Waals surface area contributed by atoms with E-state index in [1.165, 1.54) is 11.8 Å². The van der Waals surface area contributed by atoms with E-state index < -0.39 is 0 Å². The number of hydrogen-bond acceptors (Lipinski definition) is 3. The molecule has 1 aromatic heterocycles. The lowest BCUT2D eigenvalue weighted by Gasteiger charge is -2.03. The number of hydrogen-bond donors (Lipinski definition) is 0. The monoisotopic (exact) mass is 246 g/mol. The van der Waals surface area contributed by atoms with Crippen LogP contribution < -0.4 is 0 Å². The van der Waals surface area contributed by atoms with Crippen molar-refractivity contribution in [3.8, 4) is 6.07 Å². The summed E-state index contributed by atoms with van der Waals surface area (Å²) >= 11 is 7.40. The minimum absolute atomic E-state index is 0.597. The zero-order valence-corrected chi connectivity index (χ0v) is 9.79. The lowest BCUT2D eigenvalue weighted by molar-refractivity contribution is 1.13. The van der Waals surface area contributed by atoms with Crippen LogP contribution in [-0.2, 0) is 0 Å². The van der Waals surface area contributed by atoms with Crippen LogP contribution in [0.25, 0.3) is 0 Å². The van der Waals surface area contributed by atoms with Crippen LogP contribution in [0.1, 0.15) is 5.56 Å². The van der Waals surface area contributed by atoms with E-state index in [2.05, 4.69) is 11.1 Å². The van der Waals surface area contributed by atoms with Crippen LogP contribution in [0.3, 0.4) is 0 Å². The van der Waals surface area contributed by atoms with Crippen LogP contribution in [0.15, 0.2) is 52.5 Å². The molecule has 0 amide bonds. The van der Waals surface area contributed by atoms with Gasteiger partial charge in [-0.15, -0.1) is 0 Å². The quantitative estimate of drug-likeness (QED) is 0.810. The molecule has 0 bridgehead atoms. The van der Waals surface area contributed by atoms with Gasteiger partial charge in [-0.25, -0.2) is 4.98 Å².